The third-order valence-corrected chi connectivity index (χ3v) is 3.54. The van der Waals surface area contributed by atoms with Crippen LogP contribution in [0, 0.1) is 5.92 Å². The molecule has 1 aromatic rings. The topological polar surface area (TPSA) is 64.3 Å². The number of rotatable bonds is 5. The number of hydrogen-bond donors (Lipinski definition) is 2. The predicted octanol–water partition coefficient (Wildman–Crippen LogP) is 2.80. The average molecular weight is 248 g/mol. The second-order valence-electron chi connectivity index (χ2n) is 4.84. The van der Waals surface area contributed by atoms with Crippen molar-refractivity contribution in [1.82, 2.24) is 0 Å². The molecular formula is C14H20N2O2. The number of benzene rings is 1. The van der Waals surface area contributed by atoms with Crippen LogP contribution in [-0.4, -0.2) is 13.0 Å². The maximum absolute atomic E-state index is 11.8. The van der Waals surface area contributed by atoms with Gasteiger partial charge in [-0.2, -0.15) is 0 Å². The van der Waals surface area contributed by atoms with Crippen molar-refractivity contribution in [2.75, 3.05) is 18.2 Å². The number of methoxy groups -OCH3 is 1. The Balaban J connectivity index is 1.88. The van der Waals surface area contributed by atoms with Crippen LogP contribution >= 0.6 is 0 Å². The summed E-state index contributed by atoms with van der Waals surface area (Å²) in [6.07, 6.45) is 5.41. The number of hydrogen-bond acceptors (Lipinski definition) is 3. The fraction of sp³-hybridized carbons (Fsp3) is 0.500. The SMILES string of the molecule is COc1ccc(N)c(NC(=O)CCC2CCC2)c1. The van der Waals surface area contributed by atoms with Gasteiger partial charge in [0.05, 0.1) is 18.5 Å². The van der Waals surface area contributed by atoms with Crippen LogP contribution in [0.3, 0.4) is 0 Å². The van der Waals surface area contributed by atoms with E-state index in [-0.39, 0.29) is 5.91 Å². The molecule has 2 rings (SSSR count). The van der Waals surface area contributed by atoms with Gasteiger partial charge in [0.2, 0.25) is 5.91 Å². The maximum atomic E-state index is 11.8. The Hall–Kier alpha value is -1.71. The van der Waals surface area contributed by atoms with Crippen LogP contribution in [0.2, 0.25) is 0 Å². The third kappa shape index (κ3) is 3.15. The normalized spacial score (nSPS) is 14.9. The molecule has 0 aromatic heterocycles. The number of nitrogens with two attached hydrogens (primary N) is 1. The van der Waals surface area contributed by atoms with E-state index in [4.69, 9.17) is 10.5 Å². The molecule has 4 heteroatoms. The number of ether oxygens (including phenoxy) is 1. The first-order valence-corrected chi connectivity index (χ1v) is 6.42. The van der Waals surface area contributed by atoms with E-state index in [1.165, 1.54) is 19.3 Å². The van der Waals surface area contributed by atoms with Crippen molar-refractivity contribution in [3.05, 3.63) is 18.2 Å². The van der Waals surface area contributed by atoms with Gasteiger partial charge in [-0.25, -0.2) is 0 Å². The van der Waals surface area contributed by atoms with E-state index in [0.717, 1.165) is 12.3 Å². The first kappa shape index (κ1) is 12.7. The summed E-state index contributed by atoms with van der Waals surface area (Å²) in [6, 6.07) is 5.26. The molecule has 18 heavy (non-hydrogen) atoms. The number of carbonyl (C=O) groups excluding carboxylic acids is 1. The smallest absolute Gasteiger partial charge is 0.224 e. The number of anilines is 2. The summed E-state index contributed by atoms with van der Waals surface area (Å²) in [5.41, 5.74) is 7.01. The van der Waals surface area contributed by atoms with Crippen LogP contribution < -0.4 is 15.8 Å². The van der Waals surface area contributed by atoms with Crippen LogP contribution in [0.15, 0.2) is 18.2 Å². The molecule has 0 bridgehead atoms. The van der Waals surface area contributed by atoms with E-state index in [0.29, 0.717) is 23.5 Å². The van der Waals surface area contributed by atoms with Crippen molar-refractivity contribution in [1.29, 1.82) is 0 Å². The van der Waals surface area contributed by atoms with Gasteiger partial charge in [-0.15, -0.1) is 0 Å². The first-order valence-electron chi connectivity index (χ1n) is 6.42. The summed E-state index contributed by atoms with van der Waals surface area (Å²) < 4.78 is 5.11. The highest BCUT2D eigenvalue weighted by Gasteiger charge is 2.18. The zero-order chi connectivity index (χ0) is 13.0. The molecule has 0 heterocycles. The van der Waals surface area contributed by atoms with Crippen LogP contribution in [0.5, 0.6) is 5.75 Å². The molecule has 0 atom stereocenters. The molecule has 0 aliphatic heterocycles. The molecule has 3 N–H and O–H groups in total. The quantitative estimate of drug-likeness (QED) is 0.787. The fourth-order valence-corrected chi connectivity index (χ4v) is 2.10. The van der Waals surface area contributed by atoms with Crippen molar-refractivity contribution >= 4 is 17.3 Å². The second kappa shape index (κ2) is 5.76. The second-order valence-corrected chi connectivity index (χ2v) is 4.84. The van der Waals surface area contributed by atoms with Crippen LogP contribution in [-0.2, 0) is 4.79 Å². The molecule has 4 nitrogen and oxygen atoms in total. The van der Waals surface area contributed by atoms with Crippen molar-refractivity contribution < 1.29 is 9.53 Å². The lowest BCUT2D eigenvalue weighted by Crippen LogP contribution is -2.17. The number of amides is 1. The molecule has 0 radical (unpaired) electrons. The molecule has 1 aliphatic rings. The zero-order valence-electron chi connectivity index (χ0n) is 10.7. The third-order valence-electron chi connectivity index (χ3n) is 3.54. The van der Waals surface area contributed by atoms with Gasteiger partial charge in [0.25, 0.3) is 0 Å². The Bertz CT molecular complexity index is 428. The van der Waals surface area contributed by atoms with Gasteiger partial charge >= 0.3 is 0 Å². The number of nitrogens with one attached hydrogen (secondary N) is 1. The Morgan fingerprint density at radius 1 is 1.50 bits per heavy atom. The molecule has 1 aliphatic carbocycles. The summed E-state index contributed by atoms with van der Waals surface area (Å²) >= 11 is 0. The summed E-state index contributed by atoms with van der Waals surface area (Å²) in [7, 11) is 1.59. The molecule has 1 aromatic carbocycles. The minimum absolute atomic E-state index is 0.0295. The molecule has 98 valence electrons. The number of carbonyl (C=O) groups is 1. The standard InChI is InChI=1S/C14H20N2O2/c1-18-11-6-7-12(15)13(9-11)16-14(17)8-5-10-3-2-4-10/h6-7,9-10H,2-5,8,15H2,1H3,(H,16,17). The van der Waals surface area contributed by atoms with Crippen molar-refractivity contribution in [3.8, 4) is 5.75 Å². The molecule has 0 spiro atoms. The van der Waals surface area contributed by atoms with Gasteiger partial charge in [-0.1, -0.05) is 19.3 Å². The van der Waals surface area contributed by atoms with E-state index >= 15 is 0 Å². The van der Waals surface area contributed by atoms with E-state index < -0.39 is 0 Å². The minimum atomic E-state index is 0.0295. The van der Waals surface area contributed by atoms with E-state index in [1.54, 1.807) is 25.3 Å². The summed E-state index contributed by atoms with van der Waals surface area (Å²) in [6.45, 7) is 0. The Morgan fingerprint density at radius 3 is 2.89 bits per heavy atom. The van der Waals surface area contributed by atoms with E-state index in [9.17, 15) is 4.79 Å². The summed E-state index contributed by atoms with van der Waals surface area (Å²) in [5.74, 6) is 1.47. The monoisotopic (exact) mass is 248 g/mol. The highest BCUT2D eigenvalue weighted by atomic mass is 16.5. The summed E-state index contributed by atoms with van der Waals surface area (Å²) in [4.78, 5) is 11.8. The van der Waals surface area contributed by atoms with Gasteiger partial charge in [0.15, 0.2) is 0 Å². The molecule has 0 saturated heterocycles. The molecule has 1 fully saturated rings. The average Bonchev–Trinajstić information content (AvgIpc) is 2.30. The van der Waals surface area contributed by atoms with Gasteiger partial charge in [0, 0.05) is 12.5 Å². The highest BCUT2D eigenvalue weighted by molar-refractivity contribution is 5.94. The Labute approximate surface area is 108 Å². The number of nitrogen functional groups attached to an aromatic ring is 1. The lowest BCUT2D eigenvalue weighted by Gasteiger charge is -2.24. The van der Waals surface area contributed by atoms with Gasteiger partial charge in [0.1, 0.15) is 5.75 Å². The molecule has 1 saturated carbocycles. The van der Waals surface area contributed by atoms with Crippen molar-refractivity contribution in [2.24, 2.45) is 5.92 Å². The van der Waals surface area contributed by atoms with Crippen LogP contribution in [0.4, 0.5) is 11.4 Å². The van der Waals surface area contributed by atoms with E-state index in [2.05, 4.69) is 5.32 Å². The molecule has 1 amide bonds. The lowest BCUT2D eigenvalue weighted by molar-refractivity contribution is -0.116. The largest absolute Gasteiger partial charge is 0.497 e. The fourth-order valence-electron chi connectivity index (χ4n) is 2.10. The zero-order valence-corrected chi connectivity index (χ0v) is 10.7. The predicted molar refractivity (Wildman–Crippen MR) is 72.6 cm³/mol. The van der Waals surface area contributed by atoms with Crippen LogP contribution in [0.25, 0.3) is 0 Å². The minimum Gasteiger partial charge on any atom is -0.497 e. The summed E-state index contributed by atoms with van der Waals surface area (Å²) in [5, 5.41) is 2.84. The Kier molecular flexibility index (Phi) is 4.07. The van der Waals surface area contributed by atoms with Crippen LogP contribution in [0.1, 0.15) is 32.1 Å². The Morgan fingerprint density at radius 2 is 2.28 bits per heavy atom. The van der Waals surface area contributed by atoms with Gasteiger partial charge in [-0.3, -0.25) is 4.79 Å². The molecular weight excluding hydrogens is 228 g/mol. The van der Waals surface area contributed by atoms with Gasteiger partial charge in [-0.05, 0) is 24.5 Å². The van der Waals surface area contributed by atoms with Gasteiger partial charge < -0.3 is 15.8 Å². The van der Waals surface area contributed by atoms with E-state index in [1.807, 2.05) is 0 Å². The highest BCUT2D eigenvalue weighted by Crippen LogP contribution is 2.31. The van der Waals surface area contributed by atoms with Crippen molar-refractivity contribution in [2.45, 2.75) is 32.1 Å². The lowest BCUT2D eigenvalue weighted by atomic mass is 9.82. The molecule has 0 unspecified atom stereocenters. The van der Waals surface area contributed by atoms with Crippen molar-refractivity contribution in [3.63, 3.8) is 0 Å². The first-order chi connectivity index (χ1) is 8.69. The maximum Gasteiger partial charge on any atom is 0.224 e.